The van der Waals surface area contributed by atoms with Gasteiger partial charge in [-0.25, -0.2) is 9.78 Å². The molecule has 29 heavy (non-hydrogen) atoms. The topological polar surface area (TPSA) is 82.2 Å². The Morgan fingerprint density at radius 1 is 1.10 bits per heavy atom. The second-order valence-electron chi connectivity index (χ2n) is 8.13. The van der Waals surface area contributed by atoms with Gasteiger partial charge in [-0.2, -0.15) is 4.98 Å². The summed E-state index contributed by atoms with van der Waals surface area (Å²) in [5, 5.41) is 10.5. The Labute approximate surface area is 173 Å². The molecule has 1 heterocycles. The fourth-order valence-electron chi connectivity index (χ4n) is 3.84. The van der Waals surface area contributed by atoms with Gasteiger partial charge >= 0.3 is 6.03 Å². The van der Waals surface area contributed by atoms with Crippen molar-refractivity contribution >= 4 is 28.7 Å². The molecule has 158 valence electrons. The van der Waals surface area contributed by atoms with Crippen LogP contribution in [0.15, 0.2) is 24.3 Å². The quantitative estimate of drug-likeness (QED) is 0.590. The van der Waals surface area contributed by atoms with E-state index in [0.29, 0.717) is 17.9 Å². The maximum Gasteiger partial charge on any atom is 0.314 e. The van der Waals surface area contributed by atoms with E-state index in [2.05, 4.69) is 28.9 Å². The number of amides is 2. The zero-order chi connectivity index (χ0) is 20.6. The summed E-state index contributed by atoms with van der Waals surface area (Å²) >= 11 is 0. The highest BCUT2D eigenvalue weighted by molar-refractivity contribution is 5.90. The van der Waals surface area contributed by atoms with Crippen LogP contribution in [0.25, 0.3) is 10.9 Å². The van der Waals surface area contributed by atoms with E-state index in [4.69, 9.17) is 9.97 Å². The van der Waals surface area contributed by atoms with E-state index in [1.54, 1.807) is 0 Å². The molecule has 1 aliphatic carbocycles. The maximum atomic E-state index is 11.8. The highest BCUT2D eigenvalue weighted by Gasteiger charge is 2.22. The average molecular weight is 399 g/mol. The van der Waals surface area contributed by atoms with Crippen LogP contribution >= 0.6 is 0 Å². The Morgan fingerprint density at radius 2 is 1.86 bits per heavy atom. The van der Waals surface area contributed by atoms with Crippen LogP contribution in [0, 0.1) is 5.92 Å². The van der Waals surface area contributed by atoms with Gasteiger partial charge in [0.2, 0.25) is 5.95 Å². The monoisotopic (exact) mass is 398 g/mol. The average Bonchev–Trinajstić information content (AvgIpc) is 2.73. The van der Waals surface area contributed by atoms with Crippen molar-refractivity contribution in [3.8, 4) is 0 Å². The zero-order valence-corrected chi connectivity index (χ0v) is 17.9. The van der Waals surface area contributed by atoms with Gasteiger partial charge in [-0.3, -0.25) is 0 Å². The van der Waals surface area contributed by atoms with Crippen molar-refractivity contribution in [3.05, 3.63) is 24.3 Å². The summed E-state index contributed by atoms with van der Waals surface area (Å²) in [6.07, 6.45) is 6.45. The highest BCUT2D eigenvalue weighted by Crippen LogP contribution is 2.28. The third kappa shape index (κ3) is 5.95. The first-order valence-electron chi connectivity index (χ1n) is 10.8. The van der Waals surface area contributed by atoms with Crippen molar-refractivity contribution in [2.45, 2.75) is 51.5 Å². The number of urea groups is 1. The number of carbonyl (C=O) groups is 1. The van der Waals surface area contributed by atoms with Gasteiger partial charge < -0.3 is 20.9 Å². The number of hydrogen-bond acceptors (Lipinski definition) is 5. The molecule has 1 aromatic carbocycles. The van der Waals surface area contributed by atoms with E-state index in [1.807, 2.05) is 37.2 Å². The summed E-state index contributed by atoms with van der Waals surface area (Å²) in [5.41, 5.74) is 0.959. The lowest BCUT2D eigenvalue weighted by Gasteiger charge is -2.29. The number of nitrogens with one attached hydrogen (secondary N) is 3. The van der Waals surface area contributed by atoms with Crippen LogP contribution in [-0.4, -0.2) is 49.2 Å². The van der Waals surface area contributed by atoms with E-state index < -0.39 is 0 Å². The molecule has 0 saturated heterocycles. The van der Waals surface area contributed by atoms with Crippen LogP contribution in [0.3, 0.4) is 0 Å². The van der Waals surface area contributed by atoms with Crippen LogP contribution in [0.5, 0.6) is 0 Å². The lowest BCUT2D eigenvalue weighted by atomic mass is 9.86. The molecule has 2 amide bonds. The minimum atomic E-state index is -0.0422. The van der Waals surface area contributed by atoms with E-state index in [1.165, 1.54) is 0 Å². The molecular formula is C22H34N6O. The molecule has 1 aromatic heterocycles. The summed E-state index contributed by atoms with van der Waals surface area (Å²) < 4.78 is 0. The first-order valence-corrected chi connectivity index (χ1v) is 10.8. The second-order valence-corrected chi connectivity index (χ2v) is 8.13. The van der Waals surface area contributed by atoms with Crippen molar-refractivity contribution in [1.82, 2.24) is 20.6 Å². The van der Waals surface area contributed by atoms with Gasteiger partial charge in [0.15, 0.2) is 0 Å². The SMILES string of the molecule is CCCCNC(=O)NCC1CCC(Nc2nc(N(C)C)c3ccccc3n2)CC1. The van der Waals surface area contributed by atoms with Gasteiger partial charge in [0, 0.05) is 38.6 Å². The number of nitrogens with zero attached hydrogens (tertiary/aromatic N) is 3. The third-order valence-corrected chi connectivity index (χ3v) is 5.55. The third-order valence-electron chi connectivity index (χ3n) is 5.55. The summed E-state index contributed by atoms with van der Waals surface area (Å²) in [6.45, 7) is 3.62. The number of rotatable bonds is 8. The molecule has 0 unspecified atom stereocenters. The first kappa shape index (κ1) is 21.1. The van der Waals surface area contributed by atoms with Crippen LogP contribution in [-0.2, 0) is 0 Å². The lowest BCUT2D eigenvalue weighted by Crippen LogP contribution is -2.40. The van der Waals surface area contributed by atoms with E-state index in [0.717, 1.165) is 68.3 Å². The number of hydrogen-bond donors (Lipinski definition) is 3. The highest BCUT2D eigenvalue weighted by atomic mass is 16.2. The van der Waals surface area contributed by atoms with Crippen molar-refractivity contribution in [2.75, 3.05) is 37.4 Å². The molecule has 0 radical (unpaired) electrons. The Bertz CT molecular complexity index is 801. The number of unbranched alkanes of at least 4 members (excludes halogenated alkanes) is 1. The number of benzene rings is 1. The summed E-state index contributed by atoms with van der Waals surface area (Å²) in [7, 11) is 4.02. The van der Waals surface area contributed by atoms with Gasteiger partial charge in [0.25, 0.3) is 0 Å². The molecule has 1 saturated carbocycles. The molecule has 7 heteroatoms. The minimum absolute atomic E-state index is 0.0422. The number of para-hydroxylation sites is 1. The maximum absolute atomic E-state index is 11.8. The molecular weight excluding hydrogens is 364 g/mol. The Balaban J connectivity index is 1.50. The molecule has 1 aliphatic rings. The van der Waals surface area contributed by atoms with Crippen molar-refractivity contribution in [2.24, 2.45) is 5.92 Å². The Hall–Kier alpha value is -2.57. The smallest absolute Gasteiger partial charge is 0.314 e. The number of anilines is 2. The molecule has 3 rings (SSSR count). The number of carbonyl (C=O) groups excluding carboxylic acids is 1. The van der Waals surface area contributed by atoms with Gasteiger partial charge in [0.1, 0.15) is 5.82 Å². The molecule has 0 atom stereocenters. The number of aromatic nitrogens is 2. The van der Waals surface area contributed by atoms with Crippen molar-refractivity contribution in [3.63, 3.8) is 0 Å². The van der Waals surface area contributed by atoms with E-state index in [9.17, 15) is 4.79 Å². The lowest BCUT2D eigenvalue weighted by molar-refractivity contribution is 0.235. The first-order chi connectivity index (χ1) is 14.1. The summed E-state index contributed by atoms with van der Waals surface area (Å²) in [4.78, 5) is 23.3. The summed E-state index contributed by atoms with van der Waals surface area (Å²) in [5.74, 6) is 2.18. The zero-order valence-electron chi connectivity index (χ0n) is 17.9. The van der Waals surface area contributed by atoms with Crippen molar-refractivity contribution in [1.29, 1.82) is 0 Å². The van der Waals surface area contributed by atoms with Gasteiger partial charge in [-0.15, -0.1) is 0 Å². The predicted molar refractivity (Wildman–Crippen MR) is 120 cm³/mol. The van der Waals surface area contributed by atoms with E-state index >= 15 is 0 Å². The molecule has 7 nitrogen and oxygen atoms in total. The molecule has 1 fully saturated rings. The minimum Gasteiger partial charge on any atom is -0.362 e. The van der Waals surface area contributed by atoms with Gasteiger partial charge in [-0.05, 0) is 50.2 Å². The van der Waals surface area contributed by atoms with Crippen LogP contribution in [0.1, 0.15) is 45.4 Å². The van der Waals surface area contributed by atoms with Crippen LogP contribution in [0.2, 0.25) is 0 Å². The van der Waals surface area contributed by atoms with E-state index in [-0.39, 0.29) is 6.03 Å². The second kappa shape index (κ2) is 10.3. The van der Waals surface area contributed by atoms with Gasteiger partial charge in [-0.1, -0.05) is 25.5 Å². The molecule has 0 bridgehead atoms. The van der Waals surface area contributed by atoms with Crippen LogP contribution < -0.4 is 20.9 Å². The largest absolute Gasteiger partial charge is 0.362 e. The molecule has 0 aliphatic heterocycles. The Morgan fingerprint density at radius 3 is 2.59 bits per heavy atom. The Kier molecular flexibility index (Phi) is 7.49. The fourth-order valence-corrected chi connectivity index (χ4v) is 3.84. The van der Waals surface area contributed by atoms with Crippen LogP contribution in [0.4, 0.5) is 16.6 Å². The molecule has 3 N–H and O–H groups in total. The summed E-state index contributed by atoms with van der Waals surface area (Å²) in [6, 6.07) is 8.45. The fraction of sp³-hybridized carbons (Fsp3) is 0.591. The predicted octanol–water partition coefficient (Wildman–Crippen LogP) is 3.77. The normalized spacial score (nSPS) is 19.0. The van der Waals surface area contributed by atoms with Crippen molar-refractivity contribution < 1.29 is 4.79 Å². The number of fused-ring (bicyclic) bond motifs is 1. The molecule has 2 aromatic rings. The van der Waals surface area contributed by atoms with Gasteiger partial charge in [0.05, 0.1) is 5.52 Å². The molecule has 0 spiro atoms. The standard InChI is InChI=1S/C22H34N6O/c1-4-5-14-23-22(29)24-15-16-10-12-17(13-11-16)25-21-26-19-9-7-6-8-18(19)20(27-21)28(2)3/h6-9,16-17H,4-5,10-15H2,1-3H3,(H2,23,24,29)(H,25,26,27).